The number of hydrogen-bond acceptors (Lipinski definition) is 4. The summed E-state index contributed by atoms with van der Waals surface area (Å²) < 4.78 is 14.3. The van der Waals surface area contributed by atoms with Crippen LogP contribution < -0.4 is 16.8 Å². The molecule has 2 aromatic carbocycles. The van der Waals surface area contributed by atoms with Crippen molar-refractivity contribution in [2.24, 2.45) is 23.3 Å². The minimum atomic E-state index is -0.878. The summed E-state index contributed by atoms with van der Waals surface area (Å²) in [5.41, 5.74) is 11.9. The van der Waals surface area contributed by atoms with E-state index in [4.69, 9.17) is 11.5 Å². The Morgan fingerprint density at radius 2 is 1.71 bits per heavy atom. The largest absolute Gasteiger partial charge is 0.366 e. The van der Waals surface area contributed by atoms with Crippen molar-refractivity contribution in [1.82, 2.24) is 4.90 Å². The molecule has 34 heavy (non-hydrogen) atoms. The van der Waals surface area contributed by atoms with Crippen LogP contribution in [-0.2, 0) is 9.59 Å². The van der Waals surface area contributed by atoms with E-state index in [9.17, 15) is 18.8 Å². The van der Waals surface area contributed by atoms with Crippen molar-refractivity contribution in [3.63, 3.8) is 0 Å². The third-order valence-corrected chi connectivity index (χ3v) is 7.21. The Kier molecular flexibility index (Phi) is 7.26. The van der Waals surface area contributed by atoms with E-state index in [2.05, 4.69) is 5.32 Å². The maximum atomic E-state index is 14.3. The van der Waals surface area contributed by atoms with E-state index in [-0.39, 0.29) is 34.9 Å². The Morgan fingerprint density at radius 3 is 2.32 bits per heavy atom. The van der Waals surface area contributed by atoms with Crippen LogP contribution in [0.1, 0.15) is 53.9 Å². The van der Waals surface area contributed by atoms with Gasteiger partial charge in [0.1, 0.15) is 11.9 Å². The molecule has 0 bridgehead atoms. The molecule has 5 N–H and O–H groups in total. The number of nitrogens with two attached hydrogens (primary N) is 2. The first-order chi connectivity index (χ1) is 16.4. The zero-order valence-electron chi connectivity index (χ0n) is 19.1. The number of hydrogen-bond donors (Lipinski definition) is 3. The van der Waals surface area contributed by atoms with Crippen LogP contribution in [0.25, 0.3) is 0 Å². The van der Waals surface area contributed by atoms with Crippen molar-refractivity contribution >= 4 is 23.4 Å². The van der Waals surface area contributed by atoms with Gasteiger partial charge in [-0.2, -0.15) is 0 Å². The van der Waals surface area contributed by atoms with E-state index in [1.165, 1.54) is 12.1 Å². The Labute approximate surface area is 198 Å². The number of nitrogens with one attached hydrogen (secondary N) is 1. The number of carbonyl (C=O) groups is 3. The van der Waals surface area contributed by atoms with Gasteiger partial charge in [0.25, 0.3) is 5.91 Å². The predicted octanol–water partition coefficient (Wildman–Crippen LogP) is 3.01. The van der Waals surface area contributed by atoms with Gasteiger partial charge in [0.15, 0.2) is 0 Å². The number of primary amides is 1. The van der Waals surface area contributed by atoms with Crippen LogP contribution in [0.4, 0.5) is 10.1 Å². The van der Waals surface area contributed by atoms with Gasteiger partial charge in [0.2, 0.25) is 11.8 Å². The van der Waals surface area contributed by atoms with Gasteiger partial charge in [-0.25, -0.2) is 4.39 Å². The number of carbonyl (C=O) groups excluding carboxylic acids is 3. The number of nitrogens with zero attached hydrogens (tertiary/aromatic N) is 1. The van der Waals surface area contributed by atoms with Crippen LogP contribution in [0.2, 0.25) is 0 Å². The monoisotopic (exact) mass is 466 g/mol. The summed E-state index contributed by atoms with van der Waals surface area (Å²) in [6, 6.07) is 12.7. The van der Waals surface area contributed by atoms with E-state index < -0.39 is 17.8 Å². The highest BCUT2D eigenvalue weighted by Gasteiger charge is 2.44. The molecule has 7 nitrogen and oxygen atoms in total. The molecular formula is C26H31FN4O3. The number of anilines is 1. The smallest absolute Gasteiger partial charge is 0.251 e. The molecule has 8 heteroatoms. The van der Waals surface area contributed by atoms with Crippen molar-refractivity contribution < 1.29 is 18.8 Å². The summed E-state index contributed by atoms with van der Waals surface area (Å²) in [4.78, 5) is 40.0. The first kappa shape index (κ1) is 23.9. The lowest BCUT2D eigenvalue weighted by Crippen LogP contribution is -2.48. The molecule has 180 valence electrons. The Morgan fingerprint density at radius 1 is 1.00 bits per heavy atom. The highest BCUT2D eigenvalue weighted by atomic mass is 19.1. The lowest BCUT2D eigenvalue weighted by atomic mass is 9.81. The fourth-order valence-corrected chi connectivity index (χ4v) is 5.30. The van der Waals surface area contributed by atoms with Crippen molar-refractivity contribution in [2.45, 2.75) is 44.1 Å². The van der Waals surface area contributed by atoms with Crippen LogP contribution >= 0.6 is 0 Å². The summed E-state index contributed by atoms with van der Waals surface area (Å²) in [7, 11) is 0. The minimum absolute atomic E-state index is 0.00399. The van der Waals surface area contributed by atoms with Crippen molar-refractivity contribution in [3.05, 3.63) is 65.5 Å². The molecule has 1 saturated heterocycles. The van der Waals surface area contributed by atoms with Gasteiger partial charge in [-0.15, -0.1) is 0 Å². The zero-order valence-corrected chi connectivity index (χ0v) is 19.1. The van der Waals surface area contributed by atoms with Crippen LogP contribution in [0.15, 0.2) is 48.5 Å². The topological polar surface area (TPSA) is 119 Å². The molecule has 2 aliphatic rings. The molecule has 1 aliphatic carbocycles. The summed E-state index contributed by atoms with van der Waals surface area (Å²) in [5, 5.41) is 2.75. The summed E-state index contributed by atoms with van der Waals surface area (Å²) in [6.45, 7) is 1.12. The number of amides is 3. The third-order valence-electron chi connectivity index (χ3n) is 7.21. The Bertz CT molecular complexity index is 1050. The SMILES string of the molecule is NC[C@H]1CC[C@H](C(=O)N2CC[C@@H](c3ccccc3)[C@H]2C(=O)Nc2ccc(C(N)=O)c(F)c2)CC1. The Balaban J connectivity index is 1.57. The maximum Gasteiger partial charge on any atom is 0.251 e. The number of likely N-dealkylation sites (tertiary alicyclic amines) is 1. The molecule has 3 amide bonds. The summed E-state index contributed by atoms with van der Waals surface area (Å²) in [5.74, 6) is -1.87. The van der Waals surface area contributed by atoms with Gasteiger partial charge >= 0.3 is 0 Å². The molecule has 2 atom stereocenters. The zero-order chi connectivity index (χ0) is 24.2. The maximum absolute atomic E-state index is 14.3. The van der Waals surface area contributed by atoms with Crippen molar-refractivity contribution in [3.8, 4) is 0 Å². The van der Waals surface area contributed by atoms with Crippen LogP contribution in [-0.4, -0.2) is 41.8 Å². The summed E-state index contributed by atoms with van der Waals surface area (Å²) in [6.07, 6.45) is 4.07. The number of benzene rings is 2. The lowest BCUT2D eigenvalue weighted by molar-refractivity contribution is -0.141. The molecule has 0 aromatic heterocycles. The van der Waals surface area contributed by atoms with E-state index in [0.717, 1.165) is 37.3 Å². The number of rotatable bonds is 6. The van der Waals surface area contributed by atoms with Gasteiger partial charge < -0.3 is 21.7 Å². The molecular weight excluding hydrogens is 435 g/mol. The second kappa shape index (κ2) is 10.3. The van der Waals surface area contributed by atoms with Gasteiger partial charge in [0, 0.05) is 24.1 Å². The van der Waals surface area contributed by atoms with Crippen LogP contribution in [0.3, 0.4) is 0 Å². The van der Waals surface area contributed by atoms with Crippen LogP contribution in [0, 0.1) is 17.7 Å². The molecule has 2 aromatic rings. The van der Waals surface area contributed by atoms with Gasteiger partial charge in [-0.1, -0.05) is 30.3 Å². The first-order valence-electron chi connectivity index (χ1n) is 11.8. The van der Waals surface area contributed by atoms with Crippen molar-refractivity contribution in [1.29, 1.82) is 0 Å². The standard InChI is InChI=1S/C26H31FN4O3/c27-22-14-19(10-11-21(22)24(29)32)30-25(33)23-20(17-4-2-1-3-5-17)12-13-31(23)26(34)18-8-6-16(15-28)7-9-18/h1-5,10-11,14,16,18,20,23H,6-9,12-13,15,28H2,(H2,29,32)(H,30,33)/t16-,18-,20-,23-/m0/s1. The molecule has 0 radical (unpaired) electrons. The minimum Gasteiger partial charge on any atom is -0.366 e. The van der Waals surface area contributed by atoms with Crippen molar-refractivity contribution in [2.75, 3.05) is 18.4 Å². The van der Waals surface area contributed by atoms with Gasteiger partial charge in [0.05, 0.1) is 5.56 Å². The highest BCUT2D eigenvalue weighted by Crippen LogP contribution is 2.37. The molecule has 4 rings (SSSR count). The van der Waals surface area contributed by atoms with Gasteiger partial charge in [-0.3, -0.25) is 14.4 Å². The molecule has 0 unspecified atom stereocenters. The van der Waals surface area contributed by atoms with E-state index >= 15 is 0 Å². The second-order valence-corrected chi connectivity index (χ2v) is 9.28. The third kappa shape index (κ3) is 4.97. The van der Waals surface area contributed by atoms with Gasteiger partial charge in [-0.05, 0) is 68.3 Å². The Hall–Kier alpha value is -3.26. The quantitative estimate of drug-likeness (QED) is 0.606. The van der Waals surface area contributed by atoms with E-state index in [0.29, 0.717) is 25.4 Å². The average molecular weight is 467 g/mol. The highest BCUT2D eigenvalue weighted by molar-refractivity contribution is 5.99. The normalized spacial score (nSPS) is 24.6. The molecule has 1 saturated carbocycles. The molecule has 0 spiro atoms. The first-order valence-corrected chi connectivity index (χ1v) is 11.8. The van der Waals surface area contributed by atoms with E-state index in [1.54, 1.807) is 4.90 Å². The lowest BCUT2D eigenvalue weighted by Gasteiger charge is -2.33. The fraction of sp³-hybridized carbons (Fsp3) is 0.423. The molecule has 2 fully saturated rings. The predicted molar refractivity (Wildman–Crippen MR) is 127 cm³/mol. The molecule has 1 heterocycles. The second-order valence-electron chi connectivity index (χ2n) is 9.28. The average Bonchev–Trinajstić information content (AvgIpc) is 3.29. The van der Waals surface area contributed by atoms with E-state index in [1.807, 2.05) is 30.3 Å². The molecule has 1 aliphatic heterocycles. The van der Waals surface area contributed by atoms with Crippen LogP contribution in [0.5, 0.6) is 0 Å². The number of halogens is 1. The fourth-order valence-electron chi connectivity index (χ4n) is 5.30. The summed E-state index contributed by atoms with van der Waals surface area (Å²) >= 11 is 0.